The van der Waals surface area contributed by atoms with E-state index in [0.29, 0.717) is 17.9 Å². The van der Waals surface area contributed by atoms with E-state index >= 15 is 0 Å². The normalized spacial score (nSPS) is 9.83. The molecule has 0 fully saturated rings. The Morgan fingerprint density at radius 2 is 2.00 bits per heavy atom. The zero-order chi connectivity index (χ0) is 12.8. The molecule has 0 saturated carbocycles. The maximum atomic E-state index is 11.6. The summed E-state index contributed by atoms with van der Waals surface area (Å²) in [5, 5.41) is 2.57. The minimum absolute atomic E-state index is 0.196. The molecule has 1 N–H and O–H groups in total. The summed E-state index contributed by atoms with van der Waals surface area (Å²) in [5.41, 5.74) is 1.49. The van der Waals surface area contributed by atoms with Crippen molar-refractivity contribution in [2.45, 2.75) is 6.61 Å². The highest BCUT2D eigenvalue weighted by molar-refractivity contribution is 5.96. The fraction of sp³-hybridized carbons (Fsp3) is 0.133. The summed E-state index contributed by atoms with van der Waals surface area (Å²) >= 11 is 0. The molecule has 0 bridgehead atoms. The van der Waals surface area contributed by atoms with Gasteiger partial charge in [-0.2, -0.15) is 0 Å². The third-order valence-corrected chi connectivity index (χ3v) is 2.51. The Labute approximate surface area is 106 Å². The molecule has 2 aromatic carbocycles. The van der Waals surface area contributed by atoms with Crippen LogP contribution in [0.2, 0.25) is 0 Å². The average Bonchev–Trinajstić information content (AvgIpc) is 2.45. The summed E-state index contributed by atoms with van der Waals surface area (Å²) in [7, 11) is 1.59. The Kier molecular flexibility index (Phi) is 3.97. The molecular weight excluding hydrogens is 226 g/mol. The molecule has 0 spiro atoms. The zero-order valence-corrected chi connectivity index (χ0v) is 10.1. The van der Waals surface area contributed by atoms with E-state index in [1.807, 2.05) is 30.3 Å². The van der Waals surface area contributed by atoms with Gasteiger partial charge in [0.2, 0.25) is 0 Å². The van der Waals surface area contributed by atoms with Crippen LogP contribution in [0.5, 0.6) is 5.75 Å². The molecule has 0 unspecified atom stereocenters. The molecule has 1 amide bonds. The van der Waals surface area contributed by atoms with E-state index in [4.69, 9.17) is 4.74 Å². The van der Waals surface area contributed by atoms with Crippen LogP contribution < -0.4 is 10.1 Å². The molecule has 0 aliphatic carbocycles. The second kappa shape index (κ2) is 5.87. The van der Waals surface area contributed by atoms with E-state index in [2.05, 4.69) is 11.4 Å². The first-order chi connectivity index (χ1) is 8.81. The summed E-state index contributed by atoms with van der Waals surface area (Å²) in [6.07, 6.45) is 0. The maximum Gasteiger partial charge on any atom is 0.255 e. The first-order valence-electron chi connectivity index (χ1n) is 5.71. The number of carbonyl (C=O) groups is 1. The maximum absolute atomic E-state index is 11.6. The molecule has 3 heteroatoms. The van der Waals surface area contributed by atoms with Gasteiger partial charge in [0.25, 0.3) is 5.91 Å². The fourth-order valence-corrected chi connectivity index (χ4v) is 1.58. The van der Waals surface area contributed by atoms with E-state index in [1.54, 1.807) is 25.2 Å². The molecule has 18 heavy (non-hydrogen) atoms. The lowest BCUT2D eigenvalue weighted by Crippen LogP contribution is -2.18. The molecule has 0 aromatic heterocycles. The van der Waals surface area contributed by atoms with Gasteiger partial charge in [0.15, 0.2) is 0 Å². The molecule has 0 atom stereocenters. The second-order valence-corrected chi connectivity index (χ2v) is 3.76. The molecular formula is C15H14NO2. The number of ether oxygens (including phenoxy) is 1. The van der Waals surface area contributed by atoms with E-state index in [-0.39, 0.29) is 5.91 Å². The van der Waals surface area contributed by atoms with E-state index < -0.39 is 0 Å². The first-order valence-corrected chi connectivity index (χ1v) is 5.71. The van der Waals surface area contributed by atoms with Crippen LogP contribution in [0.4, 0.5) is 0 Å². The minimum Gasteiger partial charge on any atom is -0.488 e. The van der Waals surface area contributed by atoms with E-state index in [1.165, 1.54) is 0 Å². The summed E-state index contributed by atoms with van der Waals surface area (Å²) < 4.78 is 5.65. The van der Waals surface area contributed by atoms with Crippen LogP contribution in [0.25, 0.3) is 0 Å². The van der Waals surface area contributed by atoms with Crippen LogP contribution >= 0.6 is 0 Å². The number of carbonyl (C=O) groups excluding carboxylic acids is 1. The molecule has 1 radical (unpaired) electrons. The lowest BCUT2D eigenvalue weighted by molar-refractivity contribution is 0.0958. The number of hydrogen-bond acceptors (Lipinski definition) is 2. The Hall–Kier alpha value is -2.29. The smallest absolute Gasteiger partial charge is 0.255 e. The molecule has 0 aliphatic rings. The topological polar surface area (TPSA) is 38.3 Å². The first kappa shape index (κ1) is 12.2. The highest BCUT2D eigenvalue weighted by Gasteiger charge is 2.10. The fourth-order valence-electron chi connectivity index (χ4n) is 1.58. The van der Waals surface area contributed by atoms with Crippen molar-refractivity contribution in [1.29, 1.82) is 0 Å². The second-order valence-electron chi connectivity index (χ2n) is 3.76. The number of rotatable bonds is 4. The summed E-state index contributed by atoms with van der Waals surface area (Å²) in [5.74, 6) is 0.347. The number of hydrogen-bond donors (Lipinski definition) is 1. The predicted octanol–water partition coefficient (Wildman–Crippen LogP) is 2.43. The van der Waals surface area contributed by atoms with Crippen LogP contribution in [0.15, 0.2) is 48.5 Å². The van der Waals surface area contributed by atoms with Crippen molar-refractivity contribution >= 4 is 5.91 Å². The third-order valence-electron chi connectivity index (χ3n) is 2.51. The minimum atomic E-state index is -0.196. The van der Waals surface area contributed by atoms with Crippen LogP contribution in [-0.2, 0) is 6.61 Å². The SMILES string of the molecule is CNC(=O)c1[c]cccc1OCc1ccccc1. The van der Waals surface area contributed by atoms with Gasteiger partial charge in [-0.05, 0) is 17.7 Å². The number of benzene rings is 2. The van der Waals surface area contributed by atoms with E-state index in [0.717, 1.165) is 5.56 Å². The van der Waals surface area contributed by atoms with Crippen LogP contribution in [0, 0.1) is 6.07 Å². The standard InChI is InChI=1S/C15H14NO2/c1-16-15(17)13-9-5-6-10-14(13)18-11-12-7-3-2-4-8-12/h2-8,10H,11H2,1H3,(H,16,17). The lowest BCUT2D eigenvalue weighted by Gasteiger charge is -2.10. The predicted molar refractivity (Wildman–Crippen MR) is 69.4 cm³/mol. The van der Waals surface area contributed by atoms with E-state index in [9.17, 15) is 4.79 Å². The van der Waals surface area contributed by atoms with Gasteiger partial charge in [-0.15, -0.1) is 0 Å². The lowest BCUT2D eigenvalue weighted by atomic mass is 10.2. The van der Waals surface area contributed by atoms with Crippen molar-refractivity contribution < 1.29 is 9.53 Å². The van der Waals surface area contributed by atoms with Gasteiger partial charge in [0.05, 0.1) is 5.56 Å². The Bertz CT molecular complexity index is 523. The molecule has 91 valence electrons. The quantitative estimate of drug-likeness (QED) is 0.891. The highest BCUT2D eigenvalue weighted by Crippen LogP contribution is 2.18. The Balaban J connectivity index is 2.12. The van der Waals surface area contributed by atoms with Crippen molar-refractivity contribution in [3.63, 3.8) is 0 Å². The van der Waals surface area contributed by atoms with Crippen molar-refractivity contribution in [3.05, 3.63) is 65.7 Å². The zero-order valence-electron chi connectivity index (χ0n) is 10.1. The van der Waals surface area contributed by atoms with Gasteiger partial charge in [-0.25, -0.2) is 0 Å². The van der Waals surface area contributed by atoms with Crippen molar-refractivity contribution in [3.8, 4) is 5.75 Å². The monoisotopic (exact) mass is 240 g/mol. The van der Waals surface area contributed by atoms with Crippen molar-refractivity contribution in [2.24, 2.45) is 0 Å². The van der Waals surface area contributed by atoms with Gasteiger partial charge >= 0.3 is 0 Å². The molecule has 0 heterocycles. The van der Waals surface area contributed by atoms with Crippen molar-refractivity contribution in [2.75, 3.05) is 7.05 Å². The van der Waals surface area contributed by atoms with Crippen molar-refractivity contribution in [1.82, 2.24) is 5.32 Å². The van der Waals surface area contributed by atoms with Gasteiger partial charge in [0.1, 0.15) is 12.4 Å². The van der Waals surface area contributed by atoms with Gasteiger partial charge in [-0.1, -0.05) is 42.5 Å². The van der Waals surface area contributed by atoms with Gasteiger partial charge in [0, 0.05) is 7.05 Å². The summed E-state index contributed by atoms with van der Waals surface area (Å²) in [6.45, 7) is 0.433. The largest absolute Gasteiger partial charge is 0.488 e. The van der Waals surface area contributed by atoms with Gasteiger partial charge < -0.3 is 10.1 Å². The molecule has 2 rings (SSSR count). The number of nitrogens with one attached hydrogen (secondary N) is 1. The van der Waals surface area contributed by atoms with Gasteiger partial charge in [-0.3, -0.25) is 4.79 Å². The number of amides is 1. The highest BCUT2D eigenvalue weighted by atomic mass is 16.5. The summed E-state index contributed by atoms with van der Waals surface area (Å²) in [4.78, 5) is 11.6. The molecule has 3 nitrogen and oxygen atoms in total. The molecule has 0 aliphatic heterocycles. The Morgan fingerprint density at radius 3 is 2.72 bits per heavy atom. The molecule has 2 aromatic rings. The molecule has 0 saturated heterocycles. The van der Waals surface area contributed by atoms with Crippen LogP contribution in [0.1, 0.15) is 15.9 Å². The summed E-state index contributed by atoms with van der Waals surface area (Å²) in [6, 6.07) is 18.0. The average molecular weight is 240 g/mol. The van der Waals surface area contributed by atoms with Crippen LogP contribution in [0.3, 0.4) is 0 Å². The van der Waals surface area contributed by atoms with Crippen LogP contribution in [-0.4, -0.2) is 13.0 Å². The third kappa shape index (κ3) is 2.88. The Morgan fingerprint density at radius 1 is 1.22 bits per heavy atom.